The Kier molecular flexibility index (Phi) is 5.08. The van der Waals surface area contributed by atoms with Crippen LogP contribution in [-0.4, -0.2) is 28.2 Å². The lowest BCUT2D eigenvalue weighted by Crippen LogP contribution is -2.27. The van der Waals surface area contributed by atoms with E-state index in [0.29, 0.717) is 11.3 Å². The summed E-state index contributed by atoms with van der Waals surface area (Å²) >= 11 is 0. The lowest BCUT2D eigenvalue weighted by atomic mass is 10.1. The van der Waals surface area contributed by atoms with Crippen molar-refractivity contribution < 1.29 is 19.1 Å². The fraction of sp³-hybridized carbons (Fsp3) is 0.222. The molecule has 0 spiro atoms. The zero-order valence-corrected chi connectivity index (χ0v) is 13.7. The smallest absolute Gasteiger partial charge is 0.412 e. The zero-order chi connectivity index (χ0) is 17.7. The first-order chi connectivity index (χ1) is 11.3. The van der Waals surface area contributed by atoms with Gasteiger partial charge in [-0.2, -0.15) is 0 Å². The molecule has 0 fully saturated rings. The van der Waals surface area contributed by atoms with Gasteiger partial charge in [0.2, 0.25) is 5.78 Å². The maximum Gasteiger partial charge on any atom is 0.412 e. The molecule has 124 valence electrons. The minimum absolute atomic E-state index is 0.0126. The van der Waals surface area contributed by atoms with E-state index in [9.17, 15) is 14.4 Å². The van der Waals surface area contributed by atoms with Crippen molar-refractivity contribution in [2.75, 3.05) is 5.32 Å². The van der Waals surface area contributed by atoms with E-state index in [4.69, 9.17) is 4.74 Å². The molecule has 1 aromatic heterocycles. The number of hydrogen-bond donors (Lipinski definition) is 1. The number of anilines is 1. The molecule has 2 rings (SSSR count). The Bertz CT molecular complexity index is 747. The SMILES string of the molecule is CC(C)(C)OC(=O)Nc1ccc(C(=O)C(=O)c2ccccc2)nc1. The number of ketones is 2. The summed E-state index contributed by atoms with van der Waals surface area (Å²) in [5.41, 5.74) is 0.0713. The van der Waals surface area contributed by atoms with Gasteiger partial charge in [0.15, 0.2) is 0 Å². The van der Waals surface area contributed by atoms with Gasteiger partial charge in [0, 0.05) is 5.56 Å². The highest BCUT2D eigenvalue weighted by Gasteiger charge is 2.20. The molecule has 0 aliphatic heterocycles. The van der Waals surface area contributed by atoms with Crippen LogP contribution in [0.2, 0.25) is 0 Å². The predicted octanol–water partition coefficient (Wildman–Crippen LogP) is 3.49. The summed E-state index contributed by atoms with van der Waals surface area (Å²) in [5.74, 6) is -1.33. The van der Waals surface area contributed by atoms with Gasteiger partial charge in [-0.3, -0.25) is 19.9 Å². The van der Waals surface area contributed by atoms with E-state index in [2.05, 4.69) is 10.3 Å². The van der Waals surface area contributed by atoms with E-state index in [1.54, 1.807) is 51.1 Å². The van der Waals surface area contributed by atoms with Gasteiger partial charge in [0.1, 0.15) is 11.3 Å². The number of benzene rings is 1. The van der Waals surface area contributed by atoms with Gasteiger partial charge < -0.3 is 4.74 Å². The van der Waals surface area contributed by atoms with Crippen molar-refractivity contribution in [3.8, 4) is 0 Å². The average molecular weight is 326 g/mol. The molecule has 2 aromatic rings. The molecule has 0 aliphatic rings. The van der Waals surface area contributed by atoms with E-state index in [1.165, 1.54) is 18.3 Å². The van der Waals surface area contributed by atoms with Crippen molar-refractivity contribution in [2.24, 2.45) is 0 Å². The van der Waals surface area contributed by atoms with Crippen molar-refractivity contribution in [1.82, 2.24) is 4.98 Å². The topological polar surface area (TPSA) is 85.4 Å². The van der Waals surface area contributed by atoms with Crippen LogP contribution < -0.4 is 5.32 Å². The van der Waals surface area contributed by atoms with Gasteiger partial charge in [-0.1, -0.05) is 30.3 Å². The predicted molar refractivity (Wildman–Crippen MR) is 89.2 cm³/mol. The van der Waals surface area contributed by atoms with Crippen LogP contribution in [0.3, 0.4) is 0 Å². The van der Waals surface area contributed by atoms with Crippen molar-refractivity contribution in [2.45, 2.75) is 26.4 Å². The minimum Gasteiger partial charge on any atom is -0.444 e. The Morgan fingerprint density at radius 1 is 0.958 bits per heavy atom. The molecule has 1 aromatic carbocycles. The number of ether oxygens (including phenoxy) is 1. The number of carbonyl (C=O) groups is 3. The molecule has 1 N–H and O–H groups in total. The molecule has 24 heavy (non-hydrogen) atoms. The molecule has 1 amide bonds. The Morgan fingerprint density at radius 2 is 1.62 bits per heavy atom. The third-order valence-electron chi connectivity index (χ3n) is 2.88. The van der Waals surface area contributed by atoms with Crippen molar-refractivity contribution in [1.29, 1.82) is 0 Å². The number of Topliss-reactive ketones (excluding diaryl/α,β-unsaturated/α-hetero) is 2. The highest BCUT2D eigenvalue weighted by atomic mass is 16.6. The molecular weight excluding hydrogens is 308 g/mol. The van der Waals surface area contributed by atoms with Crippen LogP contribution in [0.5, 0.6) is 0 Å². The number of amides is 1. The Balaban J connectivity index is 2.05. The summed E-state index contributed by atoms with van der Waals surface area (Å²) in [6.07, 6.45) is 0.679. The number of carbonyl (C=O) groups excluding carboxylic acids is 3. The van der Waals surface area contributed by atoms with Gasteiger partial charge in [-0.15, -0.1) is 0 Å². The molecule has 6 heteroatoms. The lowest BCUT2D eigenvalue weighted by Gasteiger charge is -2.19. The Hall–Kier alpha value is -3.02. The molecule has 0 saturated heterocycles. The number of rotatable bonds is 4. The number of nitrogens with one attached hydrogen (secondary N) is 1. The van der Waals surface area contributed by atoms with E-state index in [1.807, 2.05) is 0 Å². The van der Waals surface area contributed by atoms with Crippen LogP contribution in [0.4, 0.5) is 10.5 Å². The molecule has 1 heterocycles. The second kappa shape index (κ2) is 7.04. The first-order valence-electron chi connectivity index (χ1n) is 7.36. The molecule has 0 unspecified atom stereocenters. The largest absolute Gasteiger partial charge is 0.444 e. The molecule has 0 radical (unpaired) electrons. The summed E-state index contributed by atoms with van der Waals surface area (Å²) in [6, 6.07) is 11.1. The van der Waals surface area contributed by atoms with Crippen LogP contribution >= 0.6 is 0 Å². The van der Waals surface area contributed by atoms with Gasteiger partial charge in [-0.05, 0) is 32.9 Å². The zero-order valence-electron chi connectivity index (χ0n) is 13.7. The molecular formula is C18H18N2O4. The maximum atomic E-state index is 12.1. The van der Waals surface area contributed by atoms with E-state index >= 15 is 0 Å². The summed E-state index contributed by atoms with van der Waals surface area (Å²) in [6.45, 7) is 5.26. The Morgan fingerprint density at radius 3 is 2.17 bits per heavy atom. The van der Waals surface area contributed by atoms with Gasteiger partial charge in [-0.25, -0.2) is 4.79 Å². The highest BCUT2D eigenvalue weighted by Crippen LogP contribution is 2.12. The van der Waals surface area contributed by atoms with E-state index in [0.717, 1.165) is 0 Å². The Labute approximate surface area is 139 Å². The van der Waals surface area contributed by atoms with E-state index in [-0.39, 0.29) is 5.69 Å². The second-order valence-corrected chi connectivity index (χ2v) is 6.08. The van der Waals surface area contributed by atoms with Gasteiger partial charge >= 0.3 is 6.09 Å². The van der Waals surface area contributed by atoms with Crippen LogP contribution in [0.25, 0.3) is 0 Å². The van der Waals surface area contributed by atoms with Crippen molar-refractivity contribution >= 4 is 23.3 Å². The van der Waals surface area contributed by atoms with Crippen LogP contribution in [0.1, 0.15) is 41.6 Å². The van der Waals surface area contributed by atoms with Crippen LogP contribution in [-0.2, 0) is 4.74 Å². The van der Waals surface area contributed by atoms with Gasteiger partial charge in [0.05, 0.1) is 11.9 Å². The molecule has 0 aliphatic carbocycles. The molecule has 6 nitrogen and oxygen atoms in total. The van der Waals surface area contributed by atoms with Crippen LogP contribution in [0, 0.1) is 0 Å². The third-order valence-corrected chi connectivity index (χ3v) is 2.88. The van der Waals surface area contributed by atoms with E-state index < -0.39 is 23.3 Å². The molecule has 0 atom stereocenters. The molecule has 0 bridgehead atoms. The minimum atomic E-state index is -0.704. The summed E-state index contributed by atoms with van der Waals surface area (Å²) in [5, 5.41) is 2.51. The second-order valence-electron chi connectivity index (χ2n) is 6.08. The number of nitrogens with zero attached hydrogens (tertiary/aromatic N) is 1. The first kappa shape index (κ1) is 17.3. The van der Waals surface area contributed by atoms with Crippen molar-refractivity contribution in [3.05, 3.63) is 59.9 Å². The van der Waals surface area contributed by atoms with Crippen LogP contribution in [0.15, 0.2) is 48.7 Å². The first-order valence-corrected chi connectivity index (χ1v) is 7.36. The summed E-state index contributed by atoms with van der Waals surface area (Å²) < 4.78 is 5.12. The number of aromatic nitrogens is 1. The summed E-state index contributed by atoms with van der Waals surface area (Å²) in [4.78, 5) is 39.8. The maximum absolute atomic E-state index is 12.1. The van der Waals surface area contributed by atoms with Crippen molar-refractivity contribution in [3.63, 3.8) is 0 Å². The van der Waals surface area contributed by atoms with Gasteiger partial charge in [0.25, 0.3) is 5.78 Å². The quantitative estimate of drug-likeness (QED) is 0.686. The standard InChI is InChI=1S/C18H18N2O4/c1-18(2,3)24-17(23)20-13-9-10-14(19-11-13)16(22)15(21)12-7-5-4-6-8-12/h4-11H,1-3H3,(H,20,23). The lowest BCUT2D eigenvalue weighted by molar-refractivity contribution is 0.0635. The number of pyridine rings is 1. The normalized spacial score (nSPS) is 10.8. The third kappa shape index (κ3) is 4.74. The average Bonchev–Trinajstić information content (AvgIpc) is 2.53. The molecule has 0 saturated carbocycles. The summed E-state index contributed by atoms with van der Waals surface area (Å²) in [7, 11) is 0. The highest BCUT2D eigenvalue weighted by molar-refractivity contribution is 6.48. The number of hydrogen-bond acceptors (Lipinski definition) is 5. The fourth-order valence-corrected chi connectivity index (χ4v) is 1.86. The monoisotopic (exact) mass is 326 g/mol. The fourth-order valence-electron chi connectivity index (χ4n) is 1.86.